The standard InChI is InChI=1S/C17H20N2OS/c20-16(19-15-8-3-1-2-4-9-15)13-6-5-7-14(12-13)17-18-10-11-21-17/h5-7,10-12,15H,1-4,8-9H2,(H,19,20). The lowest BCUT2D eigenvalue weighted by atomic mass is 10.1. The highest BCUT2D eigenvalue weighted by Gasteiger charge is 2.16. The van der Waals surface area contributed by atoms with E-state index in [2.05, 4.69) is 10.3 Å². The van der Waals surface area contributed by atoms with Gasteiger partial charge in [-0.1, -0.05) is 37.8 Å². The van der Waals surface area contributed by atoms with Crippen LogP contribution in [0.2, 0.25) is 0 Å². The molecule has 1 saturated carbocycles. The number of nitrogens with zero attached hydrogens (tertiary/aromatic N) is 1. The van der Waals surface area contributed by atoms with E-state index in [4.69, 9.17) is 0 Å². The first kappa shape index (κ1) is 14.3. The van der Waals surface area contributed by atoms with Crippen molar-refractivity contribution in [3.8, 4) is 10.6 Å². The molecule has 1 aromatic carbocycles. The van der Waals surface area contributed by atoms with E-state index in [9.17, 15) is 4.79 Å². The Morgan fingerprint density at radius 3 is 2.71 bits per heavy atom. The van der Waals surface area contributed by atoms with Gasteiger partial charge in [0.15, 0.2) is 0 Å². The van der Waals surface area contributed by atoms with E-state index >= 15 is 0 Å². The number of amides is 1. The van der Waals surface area contributed by atoms with E-state index < -0.39 is 0 Å². The second kappa shape index (κ2) is 6.85. The molecule has 110 valence electrons. The summed E-state index contributed by atoms with van der Waals surface area (Å²) in [5, 5.41) is 6.10. The smallest absolute Gasteiger partial charge is 0.251 e. The number of nitrogens with one attached hydrogen (secondary N) is 1. The molecule has 0 radical (unpaired) electrons. The molecule has 1 aliphatic carbocycles. The van der Waals surface area contributed by atoms with Crippen molar-refractivity contribution in [1.29, 1.82) is 0 Å². The summed E-state index contributed by atoms with van der Waals surface area (Å²) >= 11 is 1.59. The topological polar surface area (TPSA) is 42.0 Å². The maximum atomic E-state index is 12.4. The number of rotatable bonds is 3. The Bertz CT molecular complexity index is 587. The van der Waals surface area contributed by atoms with Crippen LogP contribution in [0.25, 0.3) is 10.6 Å². The fraction of sp³-hybridized carbons (Fsp3) is 0.412. The molecule has 0 saturated heterocycles. The van der Waals surface area contributed by atoms with Gasteiger partial charge in [-0.05, 0) is 25.0 Å². The van der Waals surface area contributed by atoms with Gasteiger partial charge in [-0.3, -0.25) is 4.79 Å². The van der Waals surface area contributed by atoms with Crippen molar-refractivity contribution >= 4 is 17.2 Å². The summed E-state index contributed by atoms with van der Waals surface area (Å²) in [7, 11) is 0. The molecule has 4 heteroatoms. The van der Waals surface area contributed by atoms with Crippen LogP contribution in [0.5, 0.6) is 0 Å². The molecule has 1 N–H and O–H groups in total. The Labute approximate surface area is 129 Å². The molecule has 3 nitrogen and oxygen atoms in total. The van der Waals surface area contributed by atoms with Crippen LogP contribution < -0.4 is 5.32 Å². The van der Waals surface area contributed by atoms with Crippen molar-refractivity contribution in [2.24, 2.45) is 0 Å². The highest BCUT2D eigenvalue weighted by molar-refractivity contribution is 7.13. The molecular formula is C17H20N2OS. The maximum Gasteiger partial charge on any atom is 0.251 e. The lowest BCUT2D eigenvalue weighted by molar-refractivity contribution is 0.0933. The van der Waals surface area contributed by atoms with Crippen LogP contribution in [-0.4, -0.2) is 16.9 Å². The summed E-state index contributed by atoms with van der Waals surface area (Å²) in [5.74, 6) is 0.0420. The molecule has 0 bridgehead atoms. The van der Waals surface area contributed by atoms with E-state index in [1.807, 2.05) is 29.6 Å². The second-order valence-corrected chi connectivity index (χ2v) is 6.47. The zero-order valence-electron chi connectivity index (χ0n) is 12.0. The van der Waals surface area contributed by atoms with E-state index in [1.165, 1.54) is 25.7 Å². The fourth-order valence-electron chi connectivity index (χ4n) is 2.85. The summed E-state index contributed by atoms with van der Waals surface area (Å²) in [4.78, 5) is 16.7. The third-order valence-corrected chi connectivity index (χ3v) is 4.82. The molecule has 1 amide bonds. The summed E-state index contributed by atoms with van der Waals surface area (Å²) in [5.41, 5.74) is 1.74. The first-order chi connectivity index (χ1) is 10.3. The quantitative estimate of drug-likeness (QED) is 0.860. The zero-order valence-corrected chi connectivity index (χ0v) is 12.9. The molecule has 0 aliphatic heterocycles. The van der Waals surface area contributed by atoms with Crippen molar-refractivity contribution in [3.05, 3.63) is 41.4 Å². The van der Waals surface area contributed by atoms with E-state index in [0.717, 1.165) is 29.0 Å². The summed E-state index contributed by atoms with van der Waals surface area (Å²) in [6.45, 7) is 0. The molecule has 0 unspecified atom stereocenters. The highest BCUT2D eigenvalue weighted by Crippen LogP contribution is 2.23. The highest BCUT2D eigenvalue weighted by atomic mass is 32.1. The molecule has 0 spiro atoms. The molecule has 2 aromatic rings. The van der Waals surface area contributed by atoms with E-state index in [-0.39, 0.29) is 5.91 Å². The van der Waals surface area contributed by atoms with Gasteiger partial charge in [0.1, 0.15) is 5.01 Å². The van der Waals surface area contributed by atoms with Gasteiger partial charge in [-0.15, -0.1) is 11.3 Å². The lowest BCUT2D eigenvalue weighted by Gasteiger charge is -2.16. The fourth-order valence-corrected chi connectivity index (χ4v) is 3.49. The average Bonchev–Trinajstić information content (AvgIpc) is 2.93. The van der Waals surface area contributed by atoms with Gasteiger partial charge in [0.2, 0.25) is 0 Å². The van der Waals surface area contributed by atoms with Gasteiger partial charge in [-0.25, -0.2) is 4.98 Å². The van der Waals surface area contributed by atoms with E-state index in [1.54, 1.807) is 17.5 Å². The Kier molecular flexibility index (Phi) is 4.65. The summed E-state index contributed by atoms with van der Waals surface area (Å²) in [6.07, 6.45) is 9.06. The molecule has 1 heterocycles. The first-order valence-electron chi connectivity index (χ1n) is 7.64. The maximum absolute atomic E-state index is 12.4. The monoisotopic (exact) mass is 300 g/mol. The van der Waals surface area contributed by atoms with Crippen molar-refractivity contribution in [1.82, 2.24) is 10.3 Å². The largest absolute Gasteiger partial charge is 0.349 e. The van der Waals surface area contributed by atoms with Gasteiger partial charge < -0.3 is 5.32 Å². The van der Waals surface area contributed by atoms with Crippen LogP contribution >= 0.6 is 11.3 Å². The van der Waals surface area contributed by atoms with Crippen molar-refractivity contribution < 1.29 is 4.79 Å². The average molecular weight is 300 g/mol. The number of hydrogen-bond donors (Lipinski definition) is 1. The third-order valence-electron chi connectivity index (χ3n) is 3.99. The minimum absolute atomic E-state index is 0.0420. The van der Waals surface area contributed by atoms with Gasteiger partial charge >= 0.3 is 0 Å². The molecule has 21 heavy (non-hydrogen) atoms. The summed E-state index contributed by atoms with van der Waals surface area (Å²) in [6, 6.07) is 8.08. The van der Waals surface area contributed by atoms with Gasteiger partial charge in [0.05, 0.1) is 0 Å². The number of carbonyl (C=O) groups is 1. The molecule has 3 rings (SSSR count). The zero-order chi connectivity index (χ0) is 14.5. The van der Waals surface area contributed by atoms with Gasteiger partial charge in [0, 0.05) is 28.7 Å². The SMILES string of the molecule is O=C(NC1CCCCCC1)c1cccc(-c2nccs2)c1. The molecule has 1 fully saturated rings. The Hall–Kier alpha value is -1.68. The molecular weight excluding hydrogens is 280 g/mol. The first-order valence-corrected chi connectivity index (χ1v) is 8.52. The van der Waals surface area contributed by atoms with Crippen LogP contribution in [0.15, 0.2) is 35.8 Å². The minimum atomic E-state index is 0.0420. The number of benzene rings is 1. The van der Waals surface area contributed by atoms with Crippen LogP contribution in [0.3, 0.4) is 0 Å². The third kappa shape index (κ3) is 3.70. The Balaban J connectivity index is 1.71. The van der Waals surface area contributed by atoms with Crippen molar-refractivity contribution in [2.75, 3.05) is 0 Å². The molecule has 0 atom stereocenters. The van der Waals surface area contributed by atoms with Crippen LogP contribution in [0.4, 0.5) is 0 Å². The normalized spacial score (nSPS) is 16.4. The molecule has 1 aromatic heterocycles. The predicted octanol–water partition coefficient (Wildman–Crippen LogP) is 4.26. The van der Waals surface area contributed by atoms with Gasteiger partial charge in [-0.2, -0.15) is 0 Å². The lowest BCUT2D eigenvalue weighted by Crippen LogP contribution is -2.34. The van der Waals surface area contributed by atoms with Crippen LogP contribution in [0, 0.1) is 0 Å². The Morgan fingerprint density at radius 1 is 1.19 bits per heavy atom. The Morgan fingerprint density at radius 2 is 2.00 bits per heavy atom. The van der Waals surface area contributed by atoms with Gasteiger partial charge in [0.25, 0.3) is 5.91 Å². The van der Waals surface area contributed by atoms with Crippen molar-refractivity contribution in [2.45, 2.75) is 44.6 Å². The predicted molar refractivity (Wildman–Crippen MR) is 86.5 cm³/mol. The summed E-state index contributed by atoms with van der Waals surface area (Å²) < 4.78 is 0. The second-order valence-electron chi connectivity index (χ2n) is 5.58. The van der Waals surface area contributed by atoms with E-state index in [0.29, 0.717) is 6.04 Å². The number of hydrogen-bond acceptors (Lipinski definition) is 3. The molecule has 1 aliphatic rings. The van der Waals surface area contributed by atoms with Crippen molar-refractivity contribution in [3.63, 3.8) is 0 Å². The number of carbonyl (C=O) groups excluding carboxylic acids is 1. The number of thiazole rings is 1. The number of aromatic nitrogens is 1. The minimum Gasteiger partial charge on any atom is -0.349 e. The van der Waals surface area contributed by atoms with Crippen LogP contribution in [-0.2, 0) is 0 Å². The van der Waals surface area contributed by atoms with Crippen LogP contribution in [0.1, 0.15) is 48.9 Å².